The predicted octanol–water partition coefficient (Wildman–Crippen LogP) is 1.63. The van der Waals surface area contributed by atoms with Gasteiger partial charge in [0.15, 0.2) is 0 Å². The number of thioether (sulfide) groups is 1. The zero-order valence-electron chi connectivity index (χ0n) is 9.28. The first kappa shape index (κ1) is 14.3. The molecule has 0 saturated carbocycles. The van der Waals surface area contributed by atoms with Crippen molar-refractivity contribution in [1.29, 1.82) is 0 Å². The lowest BCUT2D eigenvalue weighted by Gasteiger charge is -2.03. The molecule has 0 saturated heterocycles. The van der Waals surface area contributed by atoms with Gasteiger partial charge in [0.2, 0.25) is 0 Å². The van der Waals surface area contributed by atoms with Crippen molar-refractivity contribution in [3.63, 3.8) is 0 Å². The zero-order chi connectivity index (χ0) is 11.5. The molecule has 0 radical (unpaired) electrons. The highest BCUT2D eigenvalue weighted by molar-refractivity contribution is 7.98. The number of rotatable bonds is 8. The van der Waals surface area contributed by atoms with E-state index in [9.17, 15) is 9.59 Å². The maximum atomic E-state index is 11.1. The Bertz CT molecular complexity index is 194. The van der Waals surface area contributed by atoms with Gasteiger partial charge in [-0.3, -0.25) is 9.59 Å². The highest BCUT2D eigenvalue weighted by Crippen LogP contribution is 1.99. The molecule has 5 heteroatoms. The molecule has 0 aliphatic heterocycles. The molecular weight excluding hydrogens is 216 g/mol. The first-order chi connectivity index (χ1) is 7.20. The lowest BCUT2D eigenvalue weighted by molar-refractivity contribution is -0.150. The van der Waals surface area contributed by atoms with Gasteiger partial charge in [-0.25, -0.2) is 0 Å². The number of ether oxygens (including phenoxy) is 2. The Kier molecular flexibility index (Phi) is 9.36. The van der Waals surface area contributed by atoms with Crippen LogP contribution in [-0.4, -0.2) is 37.2 Å². The van der Waals surface area contributed by atoms with Gasteiger partial charge in [-0.1, -0.05) is 0 Å². The van der Waals surface area contributed by atoms with Gasteiger partial charge in [-0.15, -0.1) is 0 Å². The molecule has 0 N–H and O–H groups in total. The van der Waals surface area contributed by atoms with Gasteiger partial charge in [-0.2, -0.15) is 11.8 Å². The van der Waals surface area contributed by atoms with Crippen LogP contribution in [0.4, 0.5) is 0 Å². The first-order valence-corrected chi connectivity index (χ1v) is 6.40. The summed E-state index contributed by atoms with van der Waals surface area (Å²) in [4.78, 5) is 22.0. The van der Waals surface area contributed by atoms with Crippen LogP contribution in [0.25, 0.3) is 0 Å². The van der Waals surface area contributed by atoms with Gasteiger partial charge in [0.05, 0.1) is 26.1 Å². The van der Waals surface area contributed by atoms with Crippen LogP contribution in [0, 0.1) is 0 Å². The summed E-state index contributed by atoms with van der Waals surface area (Å²) >= 11 is 1.71. The molecule has 0 unspecified atom stereocenters. The number of esters is 2. The van der Waals surface area contributed by atoms with E-state index in [0.717, 1.165) is 12.2 Å². The third-order valence-corrected chi connectivity index (χ3v) is 2.29. The van der Waals surface area contributed by atoms with Gasteiger partial charge in [0.1, 0.15) is 0 Å². The standard InChI is InChI=1S/C10H18O4S/c1-3-13-9(11)5-6-10(12)14-7-4-8-15-2/h3-8H2,1-2H3. The number of hydrogen-bond donors (Lipinski definition) is 0. The molecule has 0 aliphatic carbocycles. The molecule has 0 aromatic carbocycles. The smallest absolute Gasteiger partial charge is 0.306 e. The average Bonchev–Trinajstić information content (AvgIpc) is 2.22. The van der Waals surface area contributed by atoms with Crippen molar-refractivity contribution >= 4 is 23.7 Å². The molecule has 0 amide bonds. The van der Waals surface area contributed by atoms with E-state index in [1.165, 1.54) is 0 Å². The van der Waals surface area contributed by atoms with Crippen LogP contribution in [0.15, 0.2) is 0 Å². The fraction of sp³-hybridized carbons (Fsp3) is 0.800. The van der Waals surface area contributed by atoms with Crippen LogP contribution < -0.4 is 0 Å². The van der Waals surface area contributed by atoms with E-state index < -0.39 is 0 Å². The normalized spacial score (nSPS) is 9.73. The monoisotopic (exact) mass is 234 g/mol. The third-order valence-electron chi connectivity index (χ3n) is 1.59. The molecule has 0 spiro atoms. The van der Waals surface area contributed by atoms with E-state index >= 15 is 0 Å². The molecule has 4 nitrogen and oxygen atoms in total. The minimum Gasteiger partial charge on any atom is -0.466 e. The Hall–Kier alpha value is -0.710. The number of carbonyl (C=O) groups excluding carboxylic acids is 2. The summed E-state index contributed by atoms with van der Waals surface area (Å²) in [5.74, 6) is 0.299. The Labute approximate surface area is 94.7 Å². The Morgan fingerprint density at radius 3 is 2.27 bits per heavy atom. The molecule has 0 rings (SSSR count). The minimum atomic E-state index is -0.349. The van der Waals surface area contributed by atoms with Crippen LogP contribution in [0.1, 0.15) is 26.2 Å². The second-order valence-corrected chi connectivity index (χ2v) is 3.86. The Morgan fingerprint density at radius 2 is 1.73 bits per heavy atom. The summed E-state index contributed by atoms with van der Waals surface area (Å²) in [6.07, 6.45) is 3.07. The SMILES string of the molecule is CCOC(=O)CCC(=O)OCCCSC. The van der Waals surface area contributed by atoms with Crippen LogP contribution in [-0.2, 0) is 19.1 Å². The van der Waals surface area contributed by atoms with Crippen molar-refractivity contribution in [3.05, 3.63) is 0 Å². The molecule has 15 heavy (non-hydrogen) atoms. The number of carbonyl (C=O) groups is 2. The molecular formula is C10H18O4S. The molecule has 0 fully saturated rings. The quantitative estimate of drug-likeness (QED) is 0.472. The van der Waals surface area contributed by atoms with E-state index in [-0.39, 0.29) is 24.8 Å². The van der Waals surface area contributed by atoms with Crippen LogP contribution in [0.3, 0.4) is 0 Å². The summed E-state index contributed by atoms with van der Waals surface area (Å²) < 4.78 is 9.60. The second-order valence-electron chi connectivity index (χ2n) is 2.87. The zero-order valence-corrected chi connectivity index (χ0v) is 10.1. The Morgan fingerprint density at radius 1 is 1.13 bits per heavy atom. The van der Waals surface area contributed by atoms with Crippen LogP contribution >= 0.6 is 11.8 Å². The van der Waals surface area contributed by atoms with E-state index in [1.54, 1.807) is 18.7 Å². The van der Waals surface area contributed by atoms with Crippen molar-refractivity contribution in [2.45, 2.75) is 26.2 Å². The first-order valence-electron chi connectivity index (χ1n) is 5.00. The highest BCUT2D eigenvalue weighted by Gasteiger charge is 2.07. The maximum Gasteiger partial charge on any atom is 0.306 e. The molecule has 88 valence electrons. The molecule has 0 aromatic rings. The molecule has 0 aromatic heterocycles. The van der Waals surface area contributed by atoms with Crippen molar-refractivity contribution in [1.82, 2.24) is 0 Å². The van der Waals surface area contributed by atoms with Crippen LogP contribution in [0.5, 0.6) is 0 Å². The highest BCUT2D eigenvalue weighted by atomic mass is 32.2. The fourth-order valence-corrected chi connectivity index (χ4v) is 1.31. The second kappa shape index (κ2) is 9.83. The van der Waals surface area contributed by atoms with Crippen LogP contribution in [0.2, 0.25) is 0 Å². The van der Waals surface area contributed by atoms with Crippen molar-refractivity contribution in [2.75, 3.05) is 25.2 Å². The van der Waals surface area contributed by atoms with Crippen molar-refractivity contribution in [3.8, 4) is 0 Å². The molecule has 0 heterocycles. The van der Waals surface area contributed by atoms with Gasteiger partial charge in [0, 0.05) is 0 Å². The topological polar surface area (TPSA) is 52.6 Å². The van der Waals surface area contributed by atoms with Crippen molar-refractivity contribution < 1.29 is 19.1 Å². The van der Waals surface area contributed by atoms with Gasteiger partial charge in [0.25, 0.3) is 0 Å². The van der Waals surface area contributed by atoms with E-state index in [2.05, 4.69) is 4.74 Å². The molecule has 0 bridgehead atoms. The van der Waals surface area contributed by atoms with E-state index in [1.807, 2.05) is 6.26 Å². The Balaban J connectivity index is 3.36. The van der Waals surface area contributed by atoms with Gasteiger partial charge < -0.3 is 9.47 Å². The van der Waals surface area contributed by atoms with Crippen molar-refractivity contribution in [2.24, 2.45) is 0 Å². The number of hydrogen-bond acceptors (Lipinski definition) is 5. The fourth-order valence-electron chi connectivity index (χ4n) is 0.899. The lowest BCUT2D eigenvalue weighted by atomic mass is 10.3. The summed E-state index contributed by atoms with van der Waals surface area (Å²) in [6, 6.07) is 0. The third kappa shape index (κ3) is 9.59. The summed E-state index contributed by atoms with van der Waals surface area (Å²) in [7, 11) is 0. The molecule has 0 atom stereocenters. The summed E-state index contributed by atoms with van der Waals surface area (Å²) in [5.41, 5.74) is 0. The molecule has 0 aliphatic rings. The summed E-state index contributed by atoms with van der Waals surface area (Å²) in [6.45, 7) is 2.52. The van der Waals surface area contributed by atoms with E-state index in [0.29, 0.717) is 13.2 Å². The maximum absolute atomic E-state index is 11.1. The predicted molar refractivity (Wildman–Crippen MR) is 59.8 cm³/mol. The minimum absolute atomic E-state index is 0.106. The van der Waals surface area contributed by atoms with Gasteiger partial charge >= 0.3 is 11.9 Å². The van der Waals surface area contributed by atoms with E-state index in [4.69, 9.17) is 4.74 Å². The largest absolute Gasteiger partial charge is 0.466 e. The lowest BCUT2D eigenvalue weighted by Crippen LogP contribution is -2.11. The van der Waals surface area contributed by atoms with Gasteiger partial charge in [-0.05, 0) is 25.4 Å². The average molecular weight is 234 g/mol. The summed E-state index contributed by atoms with van der Waals surface area (Å²) in [5, 5.41) is 0.